The molecule has 0 aliphatic rings. The Bertz CT molecular complexity index is 3100. The van der Waals surface area contributed by atoms with Crippen LogP contribution in [-0.2, 0) is 16.2 Å². The van der Waals surface area contributed by atoms with Gasteiger partial charge in [0, 0.05) is 28.5 Å². The second kappa shape index (κ2) is 14.8. The van der Waals surface area contributed by atoms with E-state index in [1.165, 1.54) is 5.56 Å². The van der Waals surface area contributed by atoms with E-state index in [0.717, 1.165) is 61.2 Å². The molecule has 0 radical (unpaired) electrons. The first kappa shape index (κ1) is 33.7. The molecule has 1 N–H and O–H groups in total. The molecule has 0 amide bonds. The van der Waals surface area contributed by atoms with Gasteiger partial charge in [0.25, 0.3) is 0 Å². The highest BCUT2D eigenvalue weighted by Crippen LogP contribution is 2.45. The molecule has 4 heteroatoms. The number of rotatable bonds is 6. The minimum Gasteiger partial charge on any atom is -0.507 e. The van der Waals surface area contributed by atoms with E-state index >= 15 is 0 Å². The zero-order chi connectivity index (χ0) is 46.2. The van der Waals surface area contributed by atoms with Crippen molar-refractivity contribution in [3.05, 3.63) is 168 Å². The van der Waals surface area contributed by atoms with Gasteiger partial charge in [0.05, 0.1) is 34.8 Å². The Morgan fingerprint density at radius 2 is 1.27 bits per heavy atom. The standard InChI is InChI=1S/C55H55N3O/c1-35-28-45(51(59)46(29-35)55(8,9)10)52-57-50-43(22-17-23-49(50)58(52)48-25-24-41(53(2,3)4)34-44(48)37-20-15-12-16-21-37)39-30-40(32-42(31-39)54(5,6)7)47-33-38(26-27-56-47)36-18-13-11-14-19-36/h11-34,59H,1-10H3/i11D,13D,14D,18D,19D. The molecule has 8 aromatic rings. The van der Waals surface area contributed by atoms with Crippen LogP contribution in [0.4, 0.5) is 0 Å². The van der Waals surface area contributed by atoms with Crippen LogP contribution in [0.15, 0.2) is 146 Å². The predicted octanol–water partition coefficient (Wildman–Crippen LogP) is 14.7. The van der Waals surface area contributed by atoms with Crippen LogP contribution in [0.25, 0.3) is 72.7 Å². The van der Waals surface area contributed by atoms with Crippen molar-refractivity contribution < 1.29 is 12.0 Å². The monoisotopic (exact) mass is 778 g/mol. The Balaban J connectivity index is 1.43. The van der Waals surface area contributed by atoms with Crippen molar-refractivity contribution in [2.75, 3.05) is 0 Å². The highest BCUT2D eigenvalue weighted by Gasteiger charge is 2.28. The van der Waals surface area contributed by atoms with Gasteiger partial charge in [-0.2, -0.15) is 0 Å². The van der Waals surface area contributed by atoms with Crippen LogP contribution >= 0.6 is 0 Å². The summed E-state index contributed by atoms with van der Waals surface area (Å²) < 4.78 is 44.3. The van der Waals surface area contributed by atoms with Gasteiger partial charge in [-0.25, -0.2) is 4.98 Å². The van der Waals surface area contributed by atoms with Crippen molar-refractivity contribution in [1.29, 1.82) is 0 Å². The molecule has 0 saturated carbocycles. The fourth-order valence-electron chi connectivity index (χ4n) is 7.83. The second-order valence-electron chi connectivity index (χ2n) is 18.7. The minimum absolute atomic E-state index is 0.107. The first-order chi connectivity index (χ1) is 30.0. The zero-order valence-corrected chi connectivity index (χ0v) is 35.8. The average molecular weight is 779 g/mol. The number of aryl methyl sites for hydroxylation is 1. The van der Waals surface area contributed by atoms with Gasteiger partial charge in [-0.3, -0.25) is 9.55 Å². The zero-order valence-electron chi connectivity index (χ0n) is 40.8. The lowest BCUT2D eigenvalue weighted by molar-refractivity contribution is 0.448. The largest absolute Gasteiger partial charge is 0.507 e. The molecule has 0 unspecified atom stereocenters. The van der Waals surface area contributed by atoms with Crippen LogP contribution in [0.3, 0.4) is 0 Å². The number of phenols is 1. The molecule has 0 bridgehead atoms. The van der Waals surface area contributed by atoms with E-state index in [0.29, 0.717) is 22.6 Å². The fraction of sp³-hybridized carbons (Fsp3) is 0.236. The summed E-state index contributed by atoms with van der Waals surface area (Å²) in [5, 5.41) is 12.3. The third kappa shape index (κ3) is 7.72. The molecule has 296 valence electrons. The van der Waals surface area contributed by atoms with E-state index in [4.69, 9.17) is 16.8 Å². The second-order valence-corrected chi connectivity index (χ2v) is 18.7. The van der Waals surface area contributed by atoms with Gasteiger partial charge >= 0.3 is 0 Å². The molecular weight excluding hydrogens is 719 g/mol. The van der Waals surface area contributed by atoms with Crippen molar-refractivity contribution in [1.82, 2.24) is 14.5 Å². The molecule has 59 heavy (non-hydrogen) atoms. The van der Waals surface area contributed by atoms with E-state index in [1.807, 2.05) is 12.1 Å². The first-order valence-electron chi connectivity index (χ1n) is 22.8. The van der Waals surface area contributed by atoms with Gasteiger partial charge in [-0.1, -0.05) is 153 Å². The number of imidazole rings is 1. The van der Waals surface area contributed by atoms with Crippen molar-refractivity contribution in [3.8, 4) is 67.5 Å². The summed E-state index contributed by atoms with van der Waals surface area (Å²) in [5.74, 6) is 0.820. The summed E-state index contributed by atoms with van der Waals surface area (Å²) in [4.78, 5) is 10.3. The van der Waals surface area contributed by atoms with E-state index in [1.54, 1.807) is 18.3 Å². The van der Waals surface area contributed by atoms with Crippen LogP contribution in [0, 0.1) is 6.92 Å². The Labute approximate surface area is 357 Å². The molecule has 6 aromatic carbocycles. The SMILES string of the molecule is [2H]c1c([2H])c([2H])c(-c2ccnc(-c3cc(-c4cccc5c4nc(-c4cc(C)cc(C(C)(C)C)c4O)n5-c4ccc(C(C)(C)C)cc4-c4ccccc4)cc(C(C)(C)C)c3)c2)c([2H])c1[2H]. The topological polar surface area (TPSA) is 50.9 Å². The Kier molecular flexibility index (Phi) is 8.47. The van der Waals surface area contributed by atoms with Gasteiger partial charge in [-0.05, 0) is 111 Å². The van der Waals surface area contributed by atoms with Crippen LogP contribution in [0.5, 0.6) is 5.75 Å². The minimum atomic E-state index is -0.430. The number of benzene rings is 6. The third-order valence-corrected chi connectivity index (χ3v) is 11.1. The van der Waals surface area contributed by atoms with E-state index in [9.17, 15) is 5.11 Å². The number of para-hydroxylation sites is 1. The van der Waals surface area contributed by atoms with Gasteiger partial charge in [0.1, 0.15) is 11.6 Å². The molecule has 0 aliphatic carbocycles. The van der Waals surface area contributed by atoms with Crippen molar-refractivity contribution in [3.63, 3.8) is 0 Å². The molecule has 0 atom stereocenters. The molecule has 0 spiro atoms. The molecule has 0 aliphatic heterocycles. The number of aromatic hydroxyl groups is 1. The molecule has 4 nitrogen and oxygen atoms in total. The van der Waals surface area contributed by atoms with Gasteiger partial charge in [-0.15, -0.1) is 0 Å². The molecule has 0 saturated heterocycles. The summed E-state index contributed by atoms with van der Waals surface area (Å²) in [6, 6.07) is 35.6. The maximum Gasteiger partial charge on any atom is 0.149 e. The number of phenolic OH excluding ortho intramolecular Hbond substituents is 1. The molecule has 8 rings (SSSR count). The van der Waals surface area contributed by atoms with E-state index in [-0.39, 0.29) is 51.7 Å². The van der Waals surface area contributed by atoms with E-state index < -0.39 is 6.04 Å². The quantitative estimate of drug-likeness (QED) is 0.183. The summed E-state index contributed by atoms with van der Waals surface area (Å²) in [7, 11) is 0. The predicted molar refractivity (Wildman–Crippen MR) is 249 cm³/mol. The molecule has 0 fully saturated rings. The fourth-order valence-corrected chi connectivity index (χ4v) is 7.83. The average Bonchev–Trinajstić information content (AvgIpc) is 3.64. The van der Waals surface area contributed by atoms with Crippen LogP contribution in [-0.4, -0.2) is 19.6 Å². The molecule has 2 heterocycles. The third-order valence-electron chi connectivity index (χ3n) is 11.1. The van der Waals surface area contributed by atoms with Gasteiger partial charge < -0.3 is 5.11 Å². The number of hydrogen-bond acceptors (Lipinski definition) is 3. The van der Waals surface area contributed by atoms with Gasteiger partial charge in [0.15, 0.2) is 0 Å². The van der Waals surface area contributed by atoms with Crippen molar-refractivity contribution in [2.45, 2.75) is 85.5 Å². The lowest BCUT2D eigenvalue weighted by atomic mass is 9.83. The number of nitrogens with zero attached hydrogens (tertiary/aromatic N) is 3. The smallest absolute Gasteiger partial charge is 0.149 e. The van der Waals surface area contributed by atoms with Crippen LogP contribution in [0.2, 0.25) is 0 Å². The van der Waals surface area contributed by atoms with Crippen molar-refractivity contribution >= 4 is 11.0 Å². The number of aromatic nitrogens is 3. The molecule has 2 aromatic heterocycles. The summed E-state index contributed by atoms with van der Waals surface area (Å²) in [5.41, 5.74) is 12.5. The maximum absolute atomic E-state index is 12.3. The Hall–Kier alpha value is -6.26. The summed E-state index contributed by atoms with van der Waals surface area (Å²) >= 11 is 0. The van der Waals surface area contributed by atoms with Crippen molar-refractivity contribution in [2.24, 2.45) is 0 Å². The lowest BCUT2D eigenvalue weighted by Gasteiger charge is -2.24. The lowest BCUT2D eigenvalue weighted by Crippen LogP contribution is -2.13. The maximum atomic E-state index is 12.3. The van der Waals surface area contributed by atoms with Crippen LogP contribution in [0.1, 0.15) is 91.4 Å². The Morgan fingerprint density at radius 1 is 0.559 bits per heavy atom. The summed E-state index contributed by atoms with van der Waals surface area (Å²) in [6.07, 6.45) is 1.62. The number of hydrogen-bond donors (Lipinski definition) is 1. The number of fused-ring (bicyclic) bond motifs is 1. The Morgan fingerprint density at radius 3 is 1.97 bits per heavy atom. The van der Waals surface area contributed by atoms with Crippen LogP contribution < -0.4 is 0 Å². The number of pyridine rings is 1. The van der Waals surface area contributed by atoms with Gasteiger partial charge in [0.2, 0.25) is 0 Å². The highest BCUT2D eigenvalue weighted by atomic mass is 16.3. The normalized spacial score (nSPS) is 13.5. The highest BCUT2D eigenvalue weighted by molar-refractivity contribution is 5.98. The molecular formula is C55H55N3O. The van der Waals surface area contributed by atoms with E-state index in [2.05, 4.69) is 159 Å². The summed E-state index contributed by atoms with van der Waals surface area (Å²) in [6.45, 7) is 21.6. The first-order valence-corrected chi connectivity index (χ1v) is 20.3.